The summed E-state index contributed by atoms with van der Waals surface area (Å²) in [5, 5.41) is 26.4. The van der Waals surface area contributed by atoms with Gasteiger partial charge in [-0.3, -0.25) is 0 Å². The molecule has 0 aromatic heterocycles. The van der Waals surface area contributed by atoms with Gasteiger partial charge in [0.1, 0.15) is 0 Å². The smallest absolute Gasteiger partial charge is 0.152 e. The molecule has 0 bridgehead atoms. The van der Waals surface area contributed by atoms with E-state index in [2.05, 4.69) is 0 Å². The average Bonchev–Trinajstić information content (AvgIpc) is 1.83. The maximum Gasteiger partial charge on any atom is 0.152 e. The lowest BCUT2D eigenvalue weighted by Crippen LogP contribution is -2.23. The fraction of sp³-hybridized carbons (Fsp3) is 1.00. The first-order chi connectivity index (χ1) is 4.16. The molecule has 9 heavy (non-hydrogen) atoms. The van der Waals surface area contributed by atoms with Crippen LogP contribution in [0.1, 0.15) is 13.3 Å². The van der Waals surface area contributed by atoms with Crippen molar-refractivity contribution in [3.8, 4) is 0 Å². The van der Waals surface area contributed by atoms with Gasteiger partial charge in [0.05, 0.1) is 0 Å². The topological polar surface area (TPSA) is 63.9 Å². The molecule has 0 aromatic rings. The first kappa shape index (κ1) is 8.84. The molecular weight excluding hydrogens is 122 g/mol. The lowest BCUT2D eigenvalue weighted by molar-refractivity contribution is -0.115. The SMILES string of the molecule is CCN(O)CCC(O)O. The number of aliphatic hydroxyl groups excluding tert-OH is 1. The number of hydroxylamine groups is 2. The third-order valence-corrected chi connectivity index (χ3v) is 1.01. The lowest BCUT2D eigenvalue weighted by atomic mass is 10.4. The molecule has 56 valence electrons. The number of hydrogen-bond donors (Lipinski definition) is 3. The largest absolute Gasteiger partial charge is 0.368 e. The molecule has 0 radical (unpaired) electrons. The van der Waals surface area contributed by atoms with Crippen LogP contribution in [0, 0.1) is 0 Å². The maximum absolute atomic E-state index is 8.72. The van der Waals surface area contributed by atoms with Gasteiger partial charge in [-0.05, 0) is 0 Å². The van der Waals surface area contributed by atoms with Gasteiger partial charge in [-0.25, -0.2) is 0 Å². The second-order valence-electron chi connectivity index (χ2n) is 1.82. The minimum absolute atomic E-state index is 0.185. The number of hydrogen-bond acceptors (Lipinski definition) is 4. The van der Waals surface area contributed by atoms with Gasteiger partial charge in [0.15, 0.2) is 6.29 Å². The van der Waals surface area contributed by atoms with Gasteiger partial charge in [-0.2, -0.15) is 5.06 Å². The molecule has 0 saturated carbocycles. The van der Waals surface area contributed by atoms with Crippen molar-refractivity contribution in [1.29, 1.82) is 0 Å². The third-order valence-electron chi connectivity index (χ3n) is 1.01. The van der Waals surface area contributed by atoms with Crippen LogP contribution in [0.3, 0.4) is 0 Å². The van der Waals surface area contributed by atoms with Crippen molar-refractivity contribution in [2.24, 2.45) is 0 Å². The van der Waals surface area contributed by atoms with E-state index in [0.29, 0.717) is 13.1 Å². The van der Waals surface area contributed by atoms with Crippen LogP contribution in [-0.2, 0) is 0 Å². The predicted octanol–water partition coefficient (Wildman–Crippen LogP) is -0.602. The van der Waals surface area contributed by atoms with Crippen molar-refractivity contribution in [3.05, 3.63) is 0 Å². The molecular formula is C5H13NO3. The van der Waals surface area contributed by atoms with Crippen LogP contribution in [0.5, 0.6) is 0 Å². The monoisotopic (exact) mass is 135 g/mol. The highest BCUT2D eigenvalue weighted by atomic mass is 16.5. The van der Waals surface area contributed by atoms with Gasteiger partial charge in [-0.1, -0.05) is 6.92 Å². The van der Waals surface area contributed by atoms with E-state index >= 15 is 0 Å². The molecule has 0 atom stereocenters. The number of rotatable bonds is 4. The summed E-state index contributed by atoms with van der Waals surface area (Å²) in [5.74, 6) is 0. The fourth-order valence-electron chi connectivity index (χ4n) is 0.423. The zero-order chi connectivity index (χ0) is 7.28. The Bertz CT molecular complexity index is 67.2. The fourth-order valence-corrected chi connectivity index (χ4v) is 0.423. The molecule has 3 N–H and O–H groups in total. The molecule has 0 amide bonds. The van der Waals surface area contributed by atoms with Crippen LogP contribution in [-0.4, -0.2) is 39.9 Å². The Hall–Kier alpha value is -0.160. The van der Waals surface area contributed by atoms with E-state index < -0.39 is 6.29 Å². The highest BCUT2D eigenvalue weighted by Gasteiger charge is 2.00. The summed E-state index contributed by atoms with van der Waals surface area (Å²) in [4.78, 5) is 0. The van der Waals surface area contributed by atoms with Crippen molar-refractivity contribution in [2.75, 3.05) is 13.1 Å². The summed E-state index contributed by atoms with van der Waals surface area (Å²) in [6.07, 6.45) is -1.13. The van der Waals surface area contributed by atoms with E-state index in [9.17, 15) is 0 Å². The van der Waals surface area contributed by atoms with Crippen molar-refractivity contribution in [2.45, 2.75) is 19.6 Å². The van der Waals surface area contributed by atoms with Crippen molar-refractivity contribution < 1.29 is 15.4 Å². The Morgan fingerprint density at radius 1 is 1.44 bits per heavy atom. The summed E-state index contributed by atoms with van der Waals surface area (Å²) in [6.45, 7) is 2.59. The Labute approximate surface area is 54.3 Å². The van der Waals surface area contributed by atoms with Gasteiger partial charge in [-0.15, -0.1) is 0 Å². The molecule has 0 aliphatic carbocycles. The molecule has 0 heterocycles. The predicted molar refractivity (Wildman–Crippen MR) is 31.9 cm³/mol. The van der Waals surface area contributed by atoms with Crippen LogP contribution in [0.25, 0.3) is 0 Å². The van der Waals surface area contributed by atoms with E-state index in [4.69, 9.17) is 15.4 Å². The molecule has 0 aromatic carbocycles. The summed E-state index contributed by atoms with van der Waals surface area (Å²) < 4.78 is 0. The first-order valence-corrected chi connectivity index (χ1v) is 2.96. The Balaban J connectivity index is 3.06. The van der Waals surface area contributed by atoms with Crippen molar-refractivity contribution in [1.82, 2.24) is 5.06 Å². The van der Waals surface area contributed by atoms with Crippen LogP contribution in [0.15, 0.2) is 0 Å². The van der Waals surface area contributed by atoms with E-state index in [0.717, 1.165) is 5.06 Å². The van der Waals surface area contributed by atoms with Crippen molar-refractivity contribution in [3.63, 3.8) is 0 Å². The highest BCUT2D eigenvalue weighted by Crippen LogP contribution is 1.88. The van der Waals surface area contributed by atoms with Crippen LogP contribution in [0.4, 0.5) is 0 Å². The van der Waals surface area contributed by atoms with Gasteiger partial charge < -0.3 is 15.4 Å². The van der Waals surface area contributed by atoms with Gasteiger partial charge in [0.2, 0.25) is 0 Å². The molecule has 0 fully saturated rings. The van der Waals surface area contributed by atoms with Gasteiger partial charge in [0, 0.05) is 19.5 Å². The van der Waals surface area contributed by atoms with Gasteiger partial charge in [0.25, 0.3) is 0 Å². The molecule has 0 aliphatic rings. The second-order valence-corrected chi connectivity index (χ2v) is 1.82. The molecule has 0 rings (SSSR count). The highest BCUT2D eigenvalue weighted by molar-refractivity contribution is 4.42. The minimum atomic E-state index is -1.31. The normalized spacial score (nSPS) is 11.3. The quantitative estimate of drug-likeness (QED) is 0.356. The van der Waals surface area contributed by atoms with E-state index in [-0.39, 0.29) is 6.42 Å². The lowest BCUT2D eigenvalue weighted by Gasteiger charge is -2.11. The summed E-state index contributed by atoms with van der Waals surface area (Å²) in [7, 11) is 0. The number of aliphatic hydroxyl groups is 2. The average molecular weight is 135 g/mol. The molecule has 0 saturated heterocycles. The summed E-state index contributed by atoms with van der Waals surface area (Å²) in [5.41, 5.74) is 0. The maximum atomic E-state index is 8.72. The standard InChI is InChI=1S/C5H13NO3/c1-2-6(9)4-3-5(7)8/h5,7-9H,2-4H2,1H3. The molecule has 4 nitrogen and oxygen atoms in total. The Morgan fingerprint density at radius 3 is 2.33 bits per heavy atom. The van der Waals surface area contributed by atoms with Gasteiger partial charge >= 0.3 is 0 Å². The van der Waals surface area contributed by atoms with Crippen LogP contribution in [0.2, 0.25) is 0 Å². The molecule has 0 aliphatic heterocycles. The van der Waals surface area contributed by atoms with Crippen LogP contribution >= 0.6 is 0 Å². The Kier molecular flexibility index (Phi) is 4.61. The van der Waals surface area contributed by atoms with E-state index in [1.54, 1.807) is 6.92 Å². The van der Waals surface area contributed by atoms with E-state index in [1.807, 2.05) is 0 Å². The summed E-state index contributed by atoms with van der Waals surface area (Å²) >= 11 is 0. The second kappa shape index (κ2) is 4.69. The van der Waals surface area contributed by atoms with Crippen LogP contribution < -0.4 is 0 Å². The summed E-state index contributed by atoms with van der Waals surface area (Å²) in [6, 6.07) is 0. The molecule has 0 spiro atoms. The Morgan fingerprint density at radius 2 is 2.00 bits per heavy atom. The van der Waals surface area contributed by atoms with Crippen molar-refractivity contribution >= 4 is 0 Å². The number of nitrogens with zero attached hydrogens (tertiary/aromatic N) is 1. The third kappa shape index (κ3) is 5.72. The molecule has 0 unspecified atom stereocenters. The van der Waals surface area contributed by atoms with E-state index in [1.165, 1.54) is 0 Å². The zero-order valence-corrected chi connectivity index (χ0v) is 5.49. The molecule has 4 heteroatoms. The first-order valence-electron chi connectivity index (χ1n) is 2.96. The minimum Gasteiger partial charge on any atom is -0.368 e. The zero-order valence-electron chi connectivity index (χ0n) is 5.49.